The quantitative estimate of drug-likeness (QED) is 0.376. The summed E-state index contributed by atoms with van der Waals surface area (Å²) >= 11 is 0. The van der Waals surface area contributed by atoms with E-state index in [-0.39, 0.29) is 29.9 Å². The normalized spacial score (nSPS) is 10.6. The summed E-state index contributed by atoms with van der Waals surface area (Å²) in [5.41, 5.74) is 6.71. The number of nitrogens with one attached hydrogen (secondary N) is 2. The smallest absolute Gasteiger partial charge is 0.222 e. The number of aliphatic imine (C=N–C) groups is 1. The van der Waals surface area contributed by atoms with E-state index in [1.165, 1.54) is 0 Å². The van der Waals surface area contributed by atoms with Crippen LogP contribution in [0, 0.1) is 0 Å². The first kappa shape index (κ1) is 18.7. The molecule has 0 bridgehead atoms. The minimum atomic E-state index is -0.000329. The Hall–Kier alpha value is -1.31. The molecule has 0 spiro atoms. The van der Waals surface area contributed by atoms with Gasteiger partial charge in [-0.15, -0.1) is 24.0 Å². The summed E-state index contributed by atoms with van der Waals surface area (Å²) in [5.74, 6) is 0.400. The van der Waals surface area contributed by atoms with Crippen LogP contribution in [0.1, 0.15) is 25.3 Å². The van der Waals surface area contributed by atoms with Crippen molar-refractivity contribution >= 4 is 35.8 Å². The molecule has 6 heteroatoms. The first-order valence-corrected chi connectivity index (χ1v) is 6.56. The second-order valence-electron chi connectivity index (χ2n) is 4.21. The Morgan fingerprint density at radius 3 is 2.60 bits per heavy atom. The van der Waals surface area contributed by atoms with Crippen LogP contribution in [-0.4, -0.2) is 25.0 Å². The van der Waals surface area contributed by atoms with Crippen LogP contribution in [0.15, 0.2) is 35.3 Å². The maximum absolute atomic E-state index is 11.6. The molecule has 5 nitrogen and oxygen atoms in total. The molecule has 0 unspecified atom stereocenters. The Morgan fingerprint density at radius 2 is 1.95 bits per heavy atom. The van der Waals surface area contributed by atoms with Crippen LogP contribution >= 0.6 is 24.0 Å². The van der Waals surface area contributed by atoms with Crippen LogP contribution in [-0.2, 0) is 11.3 Å². The van der Waals surface area contributed by atoms with Crippen LogP contribution in [0.2, 0.25) is 0 Å². The fourth-order valence-corrected chi connectivity index (χ4v) is 1.48. The molecule has 0 atom stereocenters. The zero-order valence-corrected chi connectivity index (χ0v) is 14.1. The number of halogens is 1. The lowest BCUT2D eigenvalue weighted by Gasteiger charge is -2.07. The third kappa shape index (κ3) is 8.73. The molecule has 1 amide bonds. The molecule has 0 aromatic heterocycles. The molecule has 0 radical (unpaired) electrons. The highest BCUT2D eigenvalue weighted by atomic mass is 127. The third-order valence-corrected chi connectivity index (χ3v) is 2.50. The number of nitrogens with two attached hydrogens (primary N) is 1. The second-order valence-corrected chi connectivity index (χ2v) is 4.21. The Labute approximate surface area is 137 Å². The van der Waals surface area contributed by atoms with Gasteiger partial charge in [-0.25, -0.2) is 0 Å². The SMILES string of the molecule is CCCN=C(N)NCCC(=O)NCc1ccccc1.I. The highest BCUT2D eigenvalue weighted by Crippen LogP contribution is 1.97. The van der Waals surface area contributed by atoms with Gasteiger partial charge < -0.3 is 16.4 Å². The number of hydrogen-bond donors (Lipinski definition) is 3. The van der Waals surface area contributed by atoms with E-state index >= 15 is 0 Å². The fraction of sp³-hybridized carbons (Fsp3) is 0.429. The Morgan fingerprint density at radius 1 is 1.25 bits per heavy atom. The van der Waals surface area contributed by atoms with Gasteiger partial charge in [-0.3, -0.25) is 9.79 Å². The number of rotatable bonds is 7. The van der Waals surface area contributed by atoms with Gasteiger partial charge in [0.2, 0.25) is 5.91 Å². The molecule has 1 aromatic carbocycles. The van der Waals surface area contributed by atoms with Crippen LogP contribution in [0.4, 0.5) is 0 Å². The van der Waals surface area contributed by atoms with Gasteiger partial charge in [0.1, 0.15) is 0 Å². The fourth-order valence-electron chi connectivity index (χ4n) is 1.48. The maximum atomic E-state index is 11.6. The number of hydrogen-bond acceptors (Lipinski definition) is 2. The Balaban J connectivity index is 0.00000361. The summed E-state index contributed by atoms with van der Waals surface area (Å²) in [6, 6.07) is 9.82. The van der Waals surface area contributed by atoms with Crippen molar-refractivity contribution < 1.29 is 4.79 Å². The van der Waals surface area contributed by atoms with Crippen LogP contribution in [0.5, 0.6) is 0 Å². The molecule has 0 heterocycles. The standard InChI is InChI=1S/C14H22N4O.HI/c1-2-9-16-14(15)17-10-8-13(19)18-11-12-6-4-3-5-7-12;/h3-7H,2,8-11H2,1H3,(H,18,19)(H3,15,16,17);1H. The van der Waals surface area contributed by atoms with Gasteiger partial charge in [-0.05, 0) is 12.0 Å². The molecule has 0 aliphatic carbocycles. The van der Waals surface area contributed by atoms with Crippen LogP contribution in [0.3, 0.4) is 0 Å². The molecular formula is C14H23IN4O. The number of carbonyl (C=O) groups excluding carboxylic acids is 1. The second kappa shape index (κ2) is 11.5. The van der Waals surface area contributed by atoms with Gasteiger partial charge >= 0.3 is 0 Å². The number of benzene rings is 1. The van der Waals surface area contributed by atoms with E-state index in [1.807, 2.05) is 37.3 Å². The molecule has 112 valence electrons. The number of carbonyl (C=O) groups is 1. The average molecular weight is 390 g/mol. The van der Waals surface area contributed by atoms with E-state index in [0.29, 0.717) is 32.0 Å². The molecule has 20 heavy (non-hydrogen) atoms. The molecule has 1 aromatic rings. The summed E-state index contributed by atoms with van der Waals surface area (Å²) in [4.78, 5) is 15.7. The third-order valence-electron chi connectivity index (χ3n) is 2.50. The zero-order valence-electron chi connectivity index (χ0n) is 11.8. The zero-order chi connectivity index (χ0) is 13.9. The first-order chi connectivity index (χ1) is 9.22. The molecular weight excluding hydrogens is 367 g/mol. The molecule has 0 saturated carbocycles. The van der Waals surface area contributed by atoms with Crippen molar-refractivity contribution in [2.45, 2.75) is 26.3 Å². The monoisotopic (exact) mass is 390 g/mol. The van der Waals surface area contributed by atoms with E-state index in [2.05, 4.69) is 15.6 Å². The van der Waals surface area contributed by atoms with Crippen LogP contribution in [0.25, 0.3) is 0 Å². The van der Waals surface area contributed by atoms with E-state index in [9.17, 15) is 4.79 Å². The molecule has 0 fully saturated rings. The minimum Gasteiger partial charge on any atom is -0.370 e. The van der Waals surface area contributed by atoms with Crippen molar-refractivity contribution in [3.8, 4) is 0 Å². The summed E-state index contributed by atoms with van der Waals surface area (Å²) in [6.45, 7) is 3.80. The predicted octanol–water partition coefficient (Wildman–Crippen LogP) is 1.63. The molecule has 0 saturated heterocycles. The lowest BCUT2D eigenvalue weighted by Crippen LogP contribution is -2.35. The summed E-state index contributed by atoms with van der Waals surface area (Å²) < 4.78 is 0. The van der Waals surface area contributed by atoms with Crippen molar-refractivity contribution in [2.24, 2.45) is 10.7 Å². The molecule has 1 rings (SSSR count). The van der Waals surface area contributed by atoms with Crippen molar-refractivity contribution in [3.05, 3.63) is 35.9 Å². The van der Waals surface area contributed by atoms with Gasteiger partial charge in [-0.1, -0.05) is 37.3 Å². The van der Waals surface area contributed by atoms with Crippen molar-refractivity contribution in [1.82, 2.24) is 10.6 Å². The largest absolute Gasteiger partial charge is 0.370 e. The van der Waals surface area contributed by atoms with E-state index in [1.54, 1.807) is 0 Å². The lowest BCUT2D eigenvalue weighted by atomic mass is 10.2. The summed E-state index contributed by atoms with van der Waals surface area (Å²) in [7, 11) is 0. The van der Waals surface area contributed by atoms with Crippen molar-refractivity contribution in [1.29, 1.82) is 0 Å². The van der Waals surface area contributed by atoms with Gasteiger partial charge in [0, 0.05) is 26.1 Å². The molecule has 0 aliphatic rings. The number of amides is 1. The average Bonchev–Trinajstić information content (AvgIpc) is 2.44. The highest BCUT2D eigenvalue weighted by molar-refractivity contribution is 14.0. The maximum Gasteiger partial charge on any atom is 0.222 e. The topological polar surface area (TPSA) is 79.5 Å². The summed E-state index contributed by atoms with van der Waals surface area (Å²) in [6.07, 6.45) is 1.34. The summed E-state index contributed by atoms with van der Waals surface area (Å²) in [5, 5.41) is 5.77. The number of nitrogens with zero attached hydrogens (tertiary/aromatic N) is 1. The predicted molar refractivity (Wildman–Crippen MR) is 93.1 cm³/mol. The number of guanidine groups is 1. The van der Waals surface area contributed by atoms with E-state index < -0.39 is 0 Å². The van der Waals surface area contributed by atoms with Gasteiger partial charge in [-0.2, -0.15) is 0 Å². The van der Waals surface area contributed by atoms with E-state index in [0.717, 1.165) is 12.0 Å². The van der Waals surface area contributed by atoms with E-state index in [4.69, 9.17) is 5.73 Å². The van der Waals surface area contributed by atoms with Crippen molar-refractivity contribution in [3.63, 3.8) is 0 Å². The van der Waals surface area contributed by atoms with Gasteiger partial charge in [0.15, 0.2) is 5.96 Å². The molecule has 4 N–H and O–H groups in total. The van der Waals surface area contributed by atoms with Crippen LogP contribution < -0.4 is 16.4 Å². The van der Waals surface area contributed by atoms with Gasteiger partial charge in [0.25, 0.3) is 0 Å². The molecule has 0 aliphatic heterocycles. The Bertz CT molecular complexity index is 409. The van der Waals surface area contributed by atoms with Crippen molar-refractivity contribution in [2.75, 3.05) is 13.1 Å². The Kier molecular flexibility index (Phi) is 10.8. The minimum absolute atomic E-state index is 0. The lowest BCUT2D eigenvalue weighted by molar-refractivity contribution is -0.121. The highest BCUT2D eigenvalue weighted by Gasteiger charge is 2.01. The first-order valence-electron chi connectivity index (χ1n) is 6.56. The van der Waals surface area contributed by atoms with Gasteiger partial charge in [0.05, 0.1) is 0 Å².